The second kappa shape index (κ2) is 8.61. The minimum atomic E-state index is -0.207. The van der Waals surface area contributed by atoms with Gasteiger partial charge in [-0.15, -0.1) is 0 Å². The number of carbonyl (C=O) groups excluding carboxylic acids is 1. The van der Waals surface area contributed by atoms with E-state index in [1.165, 1.54) is 0 Å². The van der Waals surface area contributed by atoms with Crippen molar-refractivity contribution >= 4 is 29.0 Å². The van der Waals surface area contributed by atoms with Crippen LogP contribution < -0.4 is 10.6 Å². The number of hydrogen-bond donors (Lipinski definition) is 2. The average Bonchev–Trinajstić information content (AvgIpc) is 2.53. The van der Waals surface area contributed by atoms with Gasteiger partial charge in [0.2, 0.25) is 0 Å². The molecule has 0 radical (unpaired) electrons. The zero-order valence-corrected chi connectivity index (χ0v) is 14.9. The number of carbonyl (C=O) groups is 1. The van der Waals surface area contributed by atoms with Crippen molar-refractivity contribution in [2.75, 3.05) is 32.5 Å². The van der Waals surface area contributed by atoms with Gasteiger partial charge < -0.3 is 15.5 Å². The molecule has 1 amide bonds. The zero-order chi connectivity index (χ0) is 17.5. The molecular weight excluding hydrogens is 326 g/mol. The minimum Gasteiger partial charge on any atom is -0.351 e. The summed E-state index contributed by atoms with van der Waals surface area (Å²) in [4.78, 5) is 22.8. The molecule has 128 valence electrons. The van der Waals surface area contributed by atoms with Crippen molar-refractivity contribution in [3.8, 4) is 0 Å². The summed E-state index contributed by atoms with van der Waals surface area (Å²) in [5.41, 5.74) is 1.07. The van der Waals surface area contributed by atoms with E-state index in [9.17, 15) is 4.79 Å². The number of nitrogens with zero attached hydrogens (tertiary/aromatic N) is 3. The third-order valence-corrected chi connectivity index (χ3v) is 3.60. The van der Waals surface area contributed by atoms with Gasteiger partial charge in [0, 0.05) is 12.6 Å². The van der Waals surface area contributed by atoms with Crippen molar-refractivity contribution in [2.24, 2.45) is 0 Å². The van der Waals surface area contributed by atoms with E-state index in [-0.39, 0.29) is 5.91 Å². The number of aromatic nitrogens is 2. The largest absolute Gasteiger partial charge is 0.351 e. The topological polar surface area (TPSA) is 70.2 Å². The molecule has 0 saturated carbocycles. The van der Waals surface area contributed by atoms with Crippen molar-refractivity contribution < 1.29 is 4.79 Å². The predicted octanol–water partition coefficient (Wildman–Crippen LogP) is 2.86. The van der Waals surface area contributed by atoms with Crippen LogP contribution in [0.4, 0.5) is 11.5 Å². The fourth-order valence-corrected chi connectivity index (χ4v) is 2.32. The Hall–Kier alpha value is -2.18. The van der Waals surface area contributed by atoms with Gasteiger partial charge in [-0.05, 0) is 46.1 Å². The van der Waals surface area contributed by atoms with Crippen molar-refractivity contribution in [1.29, 1.82) is 0 Å². The van der Waals surface area contributed by atoms with Crippen molar-refractivity contribution in [2.45, 2.75) is 13.3 Å². The molecule has 0 aliphatic rings. The van der Waals surface area contributed by atoms with E-state index in [4.69, 9.17) is 11.6 Å². The van der Waals surface area contributed by atoms with E-state index in [1.807, 2.05) is 32.3 Å². The Morgan fingerprint density at radius 3 is 2.71 bits per heavy atom. The van der Waals surface area contributed by atoms with Gasteiger partial charge in [0.15, 0.2) is 0 Å². The number of rotatable bonds is 7. The SMILES string of the molecule is Cc1nc(Nc2ccccc2Cl)cc(C(=O)NCCCN(C)C)n1. The lowest BCUT2D eigenvalue weighted by Crippen LogP contribution is -2.28. The minimum absolute atomic E-state index is 0.207. The Labute approximate surface area is 147 Å². The normalized spacial score (nSPS) is 10.7. The molecule has 0 unspecified atom stereocenters. The number of halogens is 1. The number of nitrogens with one attached hydrogen (secondary N) is 2. The fourth-order valence-electron chi connectivity index (χ4n) is 2.14. The van der Waals surface area contributed by atoms with Gasteiger partial charge in [0.25, 0.3) is 5.91 Å². The van der Waals surface area contributed by atoms with E-state index >= 15 is 0 Å². The highest BCUT2D eigenvalue weighted by atomic mass is 35.5. The molecule has 2 N–H and O–H groups in total. The standard InChI is InChI=1S/C17H22ClN5O/c1-12-20-15(17(24)19-9-6-10-23(2)3)11-16(21-12)22-14-8-5-4-7-13(14)18/h4-5,7-8,11H,6,9-10H2,1-3H3,(H,19,24)(H,20,21,22). The molecular formula is C17H22ClN5O. The van der Waals surface area contributed by atoms with Crippen molar-refractivity contribution in [3.05, 3.63) is 46.9 Å². The second-order valence-corrected chi connectivity index (χ2v) is 6.11. The van der Waals surface area contributed by atoms with E-state index in [0.29, 0.717) is 28.9 Å². The van der Waals surface area contributed by atoms with Crippen LogP contribution in [0.3, 0.4) is 0 Å². The Balaban J connectivity index is 2.05. The number of amides is 1. The molecule has 0 aliphatic carbocycles. The Kier molecular flexibility index (Phi) is 6.52. The quantitative estimate of drug-likeness (QED) is 0.754. The molecule has 0 bridgehead atoms. The van der Waals surface area contributed by atoms with E-state index in [1.54, 1.807) is 19.1 Å². The van der Waals surface area contributed by atoms with Gasteiger partial charge >= 0.3 is 0 Å². The van der Waals surface area contributed by atoms with Gasteiger partial charge in [-0.1, -0.05) is 23.7 Å². The predicted molar refractivity (Wildman–Crippen MR) is 97.0 cm³/mol. The molecule has 0 saturated heterocycles. The number of anilines is 2. The van der Waals surface area contributed by atoms with Crippen LogP contribution in [-0.4, -0.2) is 48.0 Å². The smallest absolute Gasteiger partial charge is 0.270 e. The van der Waals surface area contributed by atoms with Crippen LogP contribution in [-0.2, 0) is 0 Å². The molecule has 0 fully saturated rings. The Bertz CT molecular complexity index is 705. The first-order valence-corrected chi connectivity index (χ1v) is 8.13. The summed E-state index contributed by atoms with van der Waals surface area (Å²) in [5.74, 6) is 0.848. The molecule has 2 rings (SSSR count). The molecule has 1 aromatic heterocycles. The molecule has 0 aliphatic heterocycles. The van der Waals surface area contributed by atoms with Crippen molar-refractivity contribution in [1.82, 2.24) is 20.2 Å². The first kappa shape index (κ1) is 18.2. The third-order valence-electron chi connectivity index (χ3n) is 3.27. The number of benzene rings is 1. The maximum Gasteiger partial charge on any atom is 0.270 e. The average molecular weight is 348 g/mol. The lowest BCUT2D eigenvalue weighted by atomic mass is 10.3. The van der Waals surface area contributed by atoms with Crippen LogP contribution in [0.15, 0.2) is 30.3 Å². The van der Waals surface area contributed by atoms with Crippen molar-refractivity contribution in [3.63, 3.8) is 0 Å². The summed E-state index contributed by atoms with van der Waals surface area (Å²) in [5, 5.41) is 6.58. The van der Waals surface area contributed by atoms with Crippen LogP contribution in [0.25, 0.3) is 0 Å². The van der Waals surface area contributed by atoms with Crippen LogP contribution in [0.5, 0.6) is 0 Å². The lowest BCUT2D eigenvalue weighted by Gasteiger charge is -2.11. The fraction of sp³-hybridized carbons (Fsp3) is 0.353. The first-order valence-electron chi connectivity index (χ1n) is 7.76. The lowest BCUT2D eigenvalue weighted by molar-refractivity contribution is 0.0947. The van der Waals surface area contributed by atoms with Gasteiger partial charge in [0.05, 0.1) is 10.7 Å². The highest BCUT2D eigenvalue weighted by Crippen LogP contribution is 2.24. The maximum atomic E-state index is 12.2. The third kappa shape index (κ3) is 5.47. The number of aryl methyl sites for hydroxylation is 1. The summed E-state index contributed by atoms with van der Waals surface area (Å²) in [6.45, 7) is 3.27. The molecule has 6 nitrogen and oxygen atoms in total. The molecule has 1 aromatic carbocycles. The molecule has 1 heterocycles. The highest BCUT2D eigenvalue weighted by Gasteiger charge is 2.11. The van der Waals surface area contributed by atoms with Gasteiger partial charge in [0.1, 0.15) is 17.3 Å². The molecule has 2 aromatic rings. The first-order chi connectivity index (χ1) is 11.5. The molecule has 24 heavy (non-hydrogen) atoms. The second-order valence-electron chi connectivity index (χ2n) is 5.70. The zero-order valence-electron chi connectivity index (χ0n) is 14.1. The monoisotopic (exact) mass is 347 g/mol. The van der Waals surface area contributed by atoms with Gasteiger partial charge in [-0.2, -0.15) is 0 Å². The summed E-state index contributed by atoms with van der Waals surface area (Å²) >= 11 is 6.14. The van der Waals surface area contributed by atoms with E-state index in [0.717, 1.165) is 18.7 Å². The van der Waals surface area contributed by atoms with E-state index < -0.39 is 0 Å². The van der Waals surface area contributed by atoms with Gasteiger partial charge in [-0.3, -0.25) is 4.79 Å². The van der Waals surface area contributed by atoms with E-state index in [2.05, 4.69) is 25.5 Å². The summed E-state index contributed by atoms with van der Waals surface area (Å²) in [6.07, 6.45) is 0.882. The molecule has 0 spiro atoms. The van der Waals surface area contributed by atoms with Crippen LogP contribution in [0, 0.1) is 6.92 Å². The van der Waals surface area contributed by atoms with Crippen LogP contribution >= 0.6 is 11.6 Å². The summed E-state index contributed by atoms with van der Waals surface area (Å²) < 4.78 is 0. The summed E-state index contributed by atoms with van der Waals surface area (Å²) in [7, 11) is 4.00. The number of hydrogen-bond acceptors (Lipinski definition) is 5. The van der Waals surface area contributed by atoms with Crippen LogP contribution in [0.2, 0.25) is 5.02 Å². The van der Waals surface area contributed by atoms with Crippen LogP contribution in [0.1, 0.15) is 22.7 Å². The molecule has 0 atom stereocenters. The Morgan fingerprint density at radius 1 is 1.25 bits per heavy atom. The maximum absolute atomic E-state index is 12.2. The van der Waals surface area contributed by atoms with Gasteiger partial charge in [-0.25, -0.2) is 9.97 Å². The summed E-state index contributed by atoms with van der Waals surface area (Å²) in [6, 6.07) is 8.99. The highest BCUT2D eigenvalue weighted by molar-refractivity contribution is 6.33. The number of para-hydroxylation sites is 1. The molecule has 7 heteroatoms. The Morgan fingerprint density at radius 2 is 2.00 bits per heavy atom.